The summed E-state index contributed by atoms with van der Waals surface area (Å²) in [5, 5.41) is 4.73. The van der Waals surface area contributed by atoms with Crippen LogP contribution in [0.2, 0.25) is 5.02 Å². The Bertz CT molecular complexity index is 700. The van der Waals surface area contributed by atoms with Crippen LogP contribution in [0, 0.1) is 4.77 Å². The van der Waals surface area contributed by atoms with Gasteiger partial charge in [-0.05, 0) is 36.0 Å². The van der Waals surface area contributed by atoms with Crippen LogP contribution in [-0.4, -0.2) is 14.8 Å². The maximum absolute atomic E-state index is 11.6. The molecule has 0 unspecified atom stereocenters. The average molecular weight is 280 g/mol. The van der Waals surface area contributed by atoms with Crippen molar-refractivity contribution < 1.29 is 0 Å². The summed E-state index contributed by atoms with van der Waals surface area (Å²) in [5.74, 6) is 0. The maximum Gasteiger partial charge on any atom is 0.277 e. The molecule has 0 bridgehead atoms. The Kier molecular flexibility index (Phi) is 3.74. The average Bonchev–Trinajstić information content (AvgIpc) is 2.34. The normalized spacial score (nSPS) is 11.0. The fourth-order valence-electron chi connectivity index (χ4n) is 1.35. The highest BCUT2D eigenvalue weighted by molar-refractivity contribution is 7.71. The summed E-state index contributed by atoms with van der Waals surface area (Å²) in [4.78, 5) is 14.1. The second-order valence-corrected chi connectivity index (χ2v) is 4.48. The Balaban J connectivity index is 2.34. The van der Waals surface area contributed by atoms with Gasteiger partial charge in [-0.2, -0.15) is 5.10 Å². The first-order chi connectivity index (χ1) is 8.56. The molecule has 0 saturated heterocycles. The van der Waals surface area contributed by atoms with Crippen molar-refractivity contribution in [2.75, 3.05) is 0 Å². The number of H-pyrrole nitrogens is 1. The molecule has 2 rings (SSSR count). The van der Waals surface area contributed by atoms with E-state index in [4.69, 9.17) is 23.8 Å². The smallest absolute Gasteiger partial charge is 0.277 e. The second-order valence-electron chi connectivity index (χ2n) is 3.65. The highest BCUT2D eigenvalue weighted by Crippen LogP contribution is 2.11. The number of halogens is 1. The van der Waals surface area contributed by atoms with E-state index in [9.17, 15) is 4.79 Å². The van der Waals surface area contributed by atoms with Crippen molar-refractivity contribution in [3.8, 4) is 0 Å². The molecule has 0 spiro atoms. The van der Waals surface area contributed by atoms with Crippen LogP contribution in [0.1, 0.15) is 11.3 Å². The van der Waals surface area contributed by atoms with Gasteiger partial charge in [0.1, 0.15) is 5.69 Å². The number of hydrogen-bond acceptors (Lipinski definition) is 3. The third kappa shape index (κ3) is 2.94. The first-order valence-corrected chi connectivity index (χ1v) is 5.96. The highest BCUT2D eigenvalue weighted by Gasteiger charge is 1.98. The van der Waals surface area contributed by atoms with Crippen molar-refractivity contribution in [1.29, 1.82) is 0 Å². The number of benzene rings is 1. The number of hydrogen-bond donors (Lipinski definition) is 1. The summed E-state index contributed by atoms with van der Waals surface area (Å²) in [6.45, 7) is 0. The van der Waals surface area contributed by atoms with E-state index in [1.807, 2.05) is 12.1 Å². The Hall–Kier alpha value is -1.72. The molecule has 0 aliphatic carbocycles. The van der Waals surface area contributed by atoms with Gasteiger partial charge in [0.25, 0.3) is 5.56 Å². The monoisotopic (exact) mass is 279 g/mol. The lowest BCUT2D eigenvalue weighted by Gasteiger charge is -1.98. The maximum atomic E-state index is 11.6. The van der Waals surface area contributed by atoms with Gasteiger partial charge < -0.3 is 0 Å². The zero-order valence-corrected chi connectivity index (χ0v) is 11.1. The molecule has 1 aromatic heterocycles. The number of nitrogens with one attached hydrogen (secondary N) is 1. The van der Waals surface area contributed by atoms with Crippen molar-refractivity contribution in [3.05, 3.63) is 55.7 Å². The standard InChI is InChI=1S/C12H10ClN3OS/c1-16-12(18)14-11(17)10(15-16)7-4-8-2-5-9(13)6-3-8/h2-7H,1H3,(H,14,17,18)/b7-4+. The second kappa shape index (κ2) is 5.29. The third-order valence-electron chi connectivity index (χ3n) is 2.31. The molecule has 0 aliphatic rings. The van der Waals surface area contributed by atoms with Crippen LogP contribution in [-0.2, 0) is 7.05 Å². The Labute approximate surface area is 114 Å². The van der Waals surface area contributed by atoms with E-state index in [0.29, 0.717) is 15.5 Å². The van der Waals surface area contributed by atoms with Gasteiger partial charge in [-0.1, -0.05) is 29.8 Å². The highest BCUT2D eigenvalue weighted by atomic mass is 35.5. The molecule has 18 heavy (non-hydrogen) atoms. The summed E-state index contributed by atoms with van der Waals surface area (Å²) in [7, 11) is 1.68. The minimum atomic E-state index is -0.302. The van der Waals surface area contributed by atoms with Crippen molar-refractivity contribution in [3.63, 3.8) is 0 Å². The molecular weight excluding hydrogens is 270 g/mol. The molecule has 0 aliphatic heterocycles. The lowest BCUT2D eigenvalue weighted by atomic mass is 10.2. The van der Waals surface area contributed by atoms with E-state index < -0.39 is 0 Å². The van der Waals surface area contributed by atoms with Gasteiger partial charge in [0.05, 0.1) is 0 Å². The van der Waals surface area contributed by atoms with Gasteiger partial charge in [0.15, 0.2) is 4.77 Å². The van der Waals surface area contributed by atoms with E-state index in [1.54, 1.807) is 31.3 Å². The van der Waals surface area contributed by atoms with Crippen molar-refractivity contribution in [2.45, 2.75) is 0 Å². The fourth-order valence-corrected chi connectivity index (χ4v) is 1.61. The summed E-state index contributed by atoms with van der Waals surface area (Å²) < 4.78 is 1.74. The van der Waals surface area contributed by atoms with E-state index in [0.717, 1.165) is 5.56 Å². The van der Waals surface area contributed by atoms with Crippen LogP contribution >= 0.6 is 23.8 Å². The minimum Gasteiger partial charge on any atom is -0.296 e. The molecule has 0 fully saturated rings. The van der Waals surface area contributed by atoms with Gasteiger partial charge in [-0.25, -0.2) is 4.68 Å². The van der Waals surface area contributed by atoms with Gasteiger partial charge in [0, 0.05) is 12.1 Å². The molecule has 0 atom stereocenters. The fraction of sp³-hybridized carbons (Fsp3) is 0.0833. The van der Waals surface area contributed by atoms with E-state index >= 15 is 0 Å². The summed E-state index contributed by atoms with van der Waals surface area (Å²) >= 11 is 10.7. The molecular formula is C12H10ClN3OS. The quantitative estimate of drug-likeness (QED) is 0.860. The number of nitrogens with zero attached hydrogens (tertiary/aromatic N) is 2. The van der Waals surface area contributed by atoms with Crippen molar-refractivity contribution in [2.24, 2.45) is 7.05 Å². The van der Waals surface area contributed by atoms with E-state index in [-0.39, 0.29) is 5.56 Å². The summed E-state index contributed by atoms with van der Waals surface area (Å²) in [5.41, 5.74) is 0.940. The largest absolute Gasteiger partial charge is 0.296 e. The minimum absolute atomic E-state index is 0.295. The Morgan fingerprint density at radius 3 is 2.67 bits per heavy atom. The molecule has 4 nitrogen and oxygen atoms in total. The third-order valence-corrected chi connectivity index (χ3v) is 2.93. The first kappa shape index (κ1) is 12.7. The van der Waals surface area contributed by atoms with Crippen LogP contribution < -0.4 is 5.56 Å². The zero-order valence-electron chi connectivity index (χ0n) is 9.55. The first-order valence-electron chi connectivity index (χ1n) is 5.17. The predicted molar refractivity (Wildman–Crippen MR) is 75.0 cm³/mol. The molecule has 1 aromatic carbocycles. The van der Waals surface area contributed by atoms with Gasteiger partial charge in [-0.15, -0.1) is 0 Å². The molecule has 92 valence electrons. The van der Waals surface area contributed by atoms with Crippen LogP contribution in [0.3, 0.4) is 0 Å². The lowest BCUT2D eigenvalue weighted by Crippen LogP contribution is -2.17. The van der Waals surface area contributed by atoms with Crippen LogP contribution in [0.4, 0.5) is 0 Å². The molecule has 0 amide bonds. The van der Waals surface area contributed by atoms with Crippen molar-refractivity contribution >= 4 is 36.0 Å². The van der Waals surface area contributed by atoms with Crippen LogP contribution in [0.25, 0.3) is 12.2 Å². The Morgan fingerprint density at radius 1 is 1.33 bits per heavy atom. The summed E-state index contributed by atoms with van der Waals surface area (Å²) in [6, 6.07) is 7.28. The number of aromatic nitrogens is 3. The SMILES string of the molecule is Cn1nc(/C=C/c2ccc(Cl)cc2)c(=O)[nH]c1=S. The van der Waals surface area contributed by atoms with Gasteiger partial charge in [-0.3, -0.25) is 9.78 Å². The van der Waals surface area contributed by atoms with Crippen LogP contribution in [0.5, 0.6) is 0 Å². The topological polar surface area (TPSA) is 50.7 Å². The molecule has 2 aromatic rings. The molecule has 6 heteroatoms. The number of aromatic amines is 1. The van der Waals surface area contributed by atoms with Crippen LogP contribution in [0.15, 0.2) is 29.1 Å². The Morgan fingerprint density at radius 2 is 2.00 bits per heavy atom. The van der Waals surface area contributed by atoms with E-state index in [1.165, 1.54) is 4.68 Å². The lowest BCUT2D eigenvalue weighted by molar-refractivity contribution is 0.684. The predicted octanol–water partition coefficient (Wildman–Crippen LogP) is 2.66. The molecule has 1 heterocycles. The molecule has 0 radical (unpaired) electrons. The van der Waals surface area contributed by atoms with E-state index in [2.05, 4.69) is 10.1 Å². The number of rotatable bonds is 2. The molecule has 0 saturated carbocycles. The number of aryl methyl sites for hydroxylation is 1. The zero-order chi connectivity index (χ0) is 13.1. The van der Waals surface area contributed by atoms with Crippen molar-refractivity contribution in [1.82, 2.24) is 14.8 Å². The molecule has 1 N–H and O–H groups in total. The summed E-state index contributed by atoms with van der Waals surface area (Å²) in [6.07, 6.45) is 3.42. The van der Waals surface area contributed by atoms with Gasteiger partial charge >= 0.3 is 0 Å². The van der Waals surface area contributed by atoms with Gasteiger partial charge in [0.2, 0.25) is 0 Å².